The maximum absolute atomic E-state index is 12.7. The summed E-state index contributed by atoms with van der Waals surface area (Å²) in [6.07, 6.45) is 4.18. The van der Waals surface area contributed by atoms with E-state index in [-0.39, 0.29) is 18.0 Å². The van der Waals surface area contributed by atoms with Crippen LogP contribution in [0.4, 0.5) is 5.69 Å². The van der Waals surface area contributed by atoms with E-state index in [1.165, 1.54) is 5.69 Å². The number of primary amides is 1. The van der Waals surface area contributed by atoms with Gasteiger partial charge in [-0.3, -0.25) is 14.5 Å². The Labute approximate surface area is 147 Å². The molecule has 2 atom stereocenters. The molecule has 2 amide bonds. The smallest absolute Gasteiger partial charge is 0.248 e. The Bertz CT molecular complexity index is 766. The molecule has 2 aromatic rings. The Morgan fingerprint density at radius 2 is 1.96 bits per heavy atom. The number of carbonyl (C=O) groups is 2. The lowest BCUT2D eigenvalue weighted by Crippen LogP contribution is -2.42. The molecule has 25 heavy (non-hydrogen) atoms. The second-order valence-corrected chi connectivity index (χ2v) is 6.55. The van der Waals surface area contributed by atoms with Gasteiger partial charge < -0.3 is 15.6 Å². The van der Waals surface area contributed by atoms with E-state index < -0.39 is 5.91 Å². The van der Waals surface area contributed by atoms with Gasteiger partial charge in [0.15, 0.2) is 0 Å². The average molecular weight is 340 g/mol. The minimum Gasteiger partial charge on any atom is -0.366 e. The number of nitrogens with two attached hydrogens (primary N) is 1. The minimum atomic E-state index is -0.478. The highest BCUT2D eigenvalue weighted by molar-refractivity contribution is 5.96. The molecular formula is C19H24N4O2. The molecule has 0 saturated carbocycles. The molecule has 0 radical (unpaired) electrons. The molecule has 0 aliphatic carbocycles. The summed E-state index contributed by atoms with van der Waals surface area (Å²) in [5, 5.41) is 2.93. The zero-order chi connectivity index (χ0) is 18.0. The van der Waals surface area contributed by atoms with Crippen LogP contribution in [0.3, 0.4) is 0 Å². The predicted molar refractivity (Wildman–Crippen MR) is 97.1 cm³/mol. The van der Waals surface area contributed by atoms with Crippen molar-refractivity contribution in [2.24, 2.45) is 12.8 Å². The number of hydrogen-bond acceptors (Lipinski definition) is 3. The molecule has 6 heteroatoms. The average Bonchev–Trinajstić information content (AvgIpc) is 3.22. The summed E-state index contributed by atoms with van der Waals surface area (Å²) in [4.78, 5) is 26.0. The van der Waals surface area contributed by atoms with Gasteiger partial charge in [0.2, 0.25) is 11.8 Å². The van der Waals surface area contributed by atoms with Gasteiger partial charge in [-0.15, -0.1) is 0 Å². The van der Waals surface area contributed by atoms with Crippen molar-refractivity contribution in [3.63, 3.8) is 0 Å². The zero-order valence-corrected chi connectivity index (χ0v) is 14.6. The van der Waals surface area contributed by atoms with E-state index in [1.807, 2.05) is 26.2 Å². The highest BCUT2D eigenvalue weighted by Crippen LogP contribution is 2.33. The van der Waals surface area contributed by atoms with Gasteiger partial charge in [0.05, 0.1) is 12.1 Å². The molecule has 132 valence electrons. The number of hydrogen-bond donors (Lipinski definition) is 2. The van der Waals surface area contributed by atoms with E-state index >= 15 is 0 Å². The van der Waals surface area contributed by atoms with Gasteiger partial charge in [-0.25, -0.2) is 0 Å². The number of likely N-dealkylation sites (tertiary alicyclic amines) is 1. The second kappa shape index (κ2) is 7.11. The van der Waals surface area contributed by atoms with Crippen LogP contribution in [-0.2, 0) is 11.8 Å². The monoisotopic (exact) mass is 340 g/mol. The van der Waals surface area contributed by atoms with E-state index in [4.69, 9.17) is 5.73 Å². The molecule has 1 aromatic heterocycles. The summed E-state index contributed by atoms with van der Waals surface area (Å²) < 4.78 is 2.12. The van der Waals surface area contributed by atoms with Crippen LogP contribution in [0.2, 0.25) is 0 Å². The third-order valence-corrected chi connectivity index (χ3v) is 4.93. The van der Waals surface area contributed by atoms with Crippen LogP contribution in [0, 0.1) is 0 Å². The third kappa shape index (κ3) is 3.58. The molecule has 3 N–H and O–H groups in total. The SMILES string of the molecule is C[C@@H](C(=O)Nc1ccc(C(N)=O)cc1)N1CCC[C@@H]1c1cccn1C. The van der Waals surface area contributed by atoms with Gasteiger partial charge in [0.1, 0.15) is 0 Å². The number of benzene rings is 1. The number of rotatable bonds is 5. The summed E-state index contributed by atoms with van der Waals surface area (Å²) in [6.45, 7) is 2.85. The van der Waals surface area contributed by atoms with E-state index in [0.717, 1.165) is 19.4 Å². The van der Waals surface area contributed by atoms with E-state index in [2.05, 4.69) is 20.9 Å². The van der Waals surface area contributed by atoms with E-state index in [1.54, 1.807) is 24.3 Å². The number of amides is 2. The lowest BCUT2D eigenvalue weighted by atomic mass is 10.1. The topological polar surface area (TPSA) is 80.4 Å². The molecule has 1 aliphatic heterocycles. The molecule has 1 saturated heterocycles. The van der Waals surface area contributed by atoms with Crippen LogP contribution in [-0.4, -0.2) is 33.9 Å². The number of nitrogens with zero attached hydrogens (tertiary/aromatic N) is 2. The molecule has 0 bridgehead atoms. The van der Waals surface area contributed by atoms with Crippen molar-refractivity contribution in [1.82, 2.24) is 9.47 Å². The minimum absolute atomic E-state index is 0.0482. The van der Waals surface area contributed by atoms with E-state index in [9.17, 15) is 9.59 Å². The number of anilines is 1. The highest BCUT2D eigenvalue weighted by atomic mass is 16.2. The maximum Gasteiger partial charge on any atom is 0.248 e. The lowest BCUT2D eigenvalue weighted by molar-refractivity contribution is -0.121. The number of aromatic nitrogens is 1. The maximum atomic E-state index is 12.7. The summed E-state index contributed by atoms with van der Waals surface area (Å²) in [6, 6.07) is 10.8. The van der Waals surface area contributed by atoms with Crippen LogP contribution in [0.1, 0.15) is 41.9 Å². The summed E-state index contributed by atoms with van der Waals surface area (Å²) in [5.41, 5.74) is 7.56. The fourth-order valence-electron chi connectivity index (χ4n) is 3.51. The molecule has 6 nitrogen and oxygen atoms in total. The van der Waals surface area contributed by atoms with Crippen molar-refractivity contribution in [1.29, 1.82) is 0 Å². The summed E-state index contributed by atoms with van der Waals surface area (Å²) in [7, 11) is 2.04. The van der Waals surface area contributed by atoms with Crippen LogP contribution < -0.4 is 11.1 Å². The molecule has 1 fully saturated rings. The van der Waals surface area contributed by atoms with Crippen LogP contribution in [0.5, 0.6) is 0 Å². The van der Waals surface area contributed by atoms with Crippen molar-refractivity contribution >= 4 is 17.5 Å². The summed E-state index contributed by atoms with van der Waals surface area (Å²) in [5.74, 6) is -0.526. The first-order valence-electron chi connectivity index (χ1n) is 8.55. The van der Waals surface area contributed by atoms with Gasteiger partial charge in [-0.05, 0) is 62.7 Å². The van der Waals surface area contributed by atoms with Crippen molar-refractivity contribution in [2.45, 2.75) is 31.8 Å². The van der Waals surface area contributed by atoms with Crippen molar-refractivity contribution < 1.29 is 9.59 Å². The van der Waals surface area contributed by atoms with Crippen molar-refractivity contribution in [3.05, 3.63) is 53.9 Å². The molecule has 1 aromatic carbocycles. The Kier molecular flexibility index (Phi) is 4.90. The van der Waals surface area contributed by atoms with Crippen molar-refractivity contribution in [3.8, 4) is 0 Å². The summed E-state index contributed by atoms with van der Waals surface area (Å²) >= 11 is 0. The Morgan fingerprint density at radius 1 is 1.24 bits per heavy atom. The van der Waals surface area contributed by atoms with Gasteiger partial charge in [-0.1, -0.05) is 0 Å². The molecule has 3 rings (SSSR count). The first-order valence-corrected chi connectivity index (χ1v) is 8.55. The number of aryl methyl sites for hydroxylation is 1. The third-order valence-electron chi connectivity index (χ3n) is 4.93. The molecule has 2 heterocycles. The van der Waals surface area contributed by atoms with Crippen LogP contribution >= 0.6 is 0 Å². The van der Waals surface area contributed by atoms with Gasteiger partial charge in [0, 0.05) is 30.2 Å². The predicted octanol–water partition coefficient (Wildman–Crippen LogP) is 2.29. The quantitative estimate of drug-likeness (QED) is 0.876. The van der Waals surface area contributed by atoms with Crippen LogP contribution in [0.25, 0.3) is 0 Å². The molecule has 0 spiro atoms. The molecular weight excluding hydrogens is 316 g/mol. The fraction of sp³-hybridized carbons (Fsp3) is 0.368. The zero-order valence-electron chi connectivity index (χ0n) is 14.6. The first kappa shape index (κ1) is 17.2. The normalized spacial score (nSPS) is 18.9. The Morgan fingerprint density at radius 3 is 2.56 bits per heavy atom. The van der Waals surface area contributed by atoms with E-state index in [0.29, 0.717) is 11.3 Å². The first-order chi connectivity index (χ1) is 12.0. The lowest BCUT2D eigenvalue weighted by Gasteiger charge is -2.30. The highest BCUT2D eigenvalue weighted by Gasteiger charge is 2.34. The standard InChI is InChI=1S/C19H24N4O2/c1-13(19(25)21-15-9-7-14(8-10-15)18(20)24)23-12-4-6-17(23)16-5-3-11-22(16)2/h3,5,7-11,13,17H,4,6,12H2,1-2H3,(H2,20,24)(H,21,25)/t13-,17+/m0/s1. The van der Waals surface area contributed by atoms with Gasteiger partial charge in [0.25, 0.3) is 0 Å². The molecule has 0 unspecified atom stereocenters. The Hall–Kier alpha value is -2.60. The second-order valence-electron chi connectivity index (χ2n) is 6.55. The number of nitrogens with one attached hydrogen (secondary N) is 1. The van der Waals surface area contributed by atoms with Gasteiger partial charge in [-0.2, -0.15) is 0 Å². The van der Waals surface area contributed by atoms with Crippen LogP contribution in [0.15, 0.2) is 42.6 Å². The fourth-order valence-corrected chi connectivity index (χ4v) is 3.51. The largest absolute Gasteiger partial charge is 0.366 e. The molecule has 1 aliphatic rings. The van der Waals surface area contributed by atoms with Gasteiger partial charge >= 0.3 is 0 Å². The Balaban J connectivity index is 1.69. The number of carbonyl (C=O) groups excluding carboxylic acids is 2. The van der Waals surface area contributed by atoms with Crippen molar-refractivity contribution in [2.75, 3.05) is 11.9 Å².